The van der Waals surface area contributed by atoms with Gasteiger partial charge < -0.3 is 9.80 Å². The van der Waals surface area contributed by atoms with Gasteiger partial charge in [-0.15, -0.1) is 0 Å². The fraction of sp³-hybridized carbons (Fsp3) is 0.429. The summed E-state index contributed by atoms with van der Waals surface area (Å²) in [5, 5.41) is 0. The summed E-state index contributed by atoms with van der Waals surface area (Å²) >= 11 is 0. The third-order valence-electron chi connectivity index (χ3n) is 5.24. The van der Waals surface area contributed by atoms with Crippen molar-refractivity contribution in [1.82, 2.24) is 9.80 Å². The number of rotatable bonds is 8. The molecule has 158 valence electrons. The predicted molar refractivity (Wildman–Crippen MR) is 114 cm³/mol. The zero-order valence-electron chi connectivity index (χ0n) is 16.5. The zero-order valence-corrected chi connectivity index (χ0v) is 18.1. The van der Waals surface area contributed by atoms with Crippen molar-refractivity contribution in [1.29, 1.82) is 0 Å². The van der Waals surface area contributed by atoms with Crippen LogP contribution in [0.4, 0.5) is 0 Å². The highest BCUT2D eigenvalue weighted by molar-refractivity contribution is 7.91. The smallest absolute Gasteiger partial charge is 0.179 e. The van der Waals surface area contributed by atoms with Gasteiger partial charge in [-0.2, -0.15) is 0 Å². The van der Waals surface area contributed by atoms with Gasteiger partial charge in [0.05, 0.1) is 21.3 Å². The Morgan fingerprint density at radius 2 is 0.966 bits per heavy atom. The molecule has 29 heavy (non-hydrogen) atoms. The van der Waals surface area contributed by atoms with Crippen LogP contribution in [0.15, 0.2) is 70.5 Å². The summed E-state index contributed by atoms with van der Waals surface area (Å²) in [5.41, 5.74) is 0. The standard InChI is InChI=1S/C21H28N2O4S2/c24-28(25,20-8-3-1-4-9-20)18-16-22-12-7-13-23(15-14-22)17-19-29(26,27)21-10-5-2-6-11-21/h1-6,8-11H,7,12-19H2. The Hall–Kier alpha value is -1.74. The van der Waals surface area contributed by atoms with E-state index in [9.17, 15) is 16.8 Å². The second kappa shape index (κ2) is 9.84. The van der Waals surface area contributed by atoms with Gasteiger partial charge in [-0.1, -0.05) is 36.4 Å². The molecule has 6 nitrogen and oxygen atoms in total. The molecule has 0 aromatic heterocycles. The van der Waals surface area contributed by atoms with Gasteiger partial charge in [-0.05, 0) is 43.8 Å². The Morgan fingerprint density at radius 3 is 1.34 bits per heavy atom. The van der Waals surface area contributed by atoms with Gasteiger partial charge in [0.1, 0.15) is 0 Å². The Kier molecular flexibility index (Phi) is 7.45. The molecule has 0 bridgehead atoms. The lowest BCUT2D eigenvalue weighted by molar-refractivity contribution is 0.272. The maximum absolute atomic E-state index is 12.5. The van der Waals surface area contributed by atoms with E-state index in [4.69, 9.17) is 0 Å². The Labute approximate surface area is 174 Å². The van der Waals surface area contributed by atoms with Gasteiger partial charge in [-0.25, -0.2) is 16.8 Å². The first-order valence-corrected chi connectivity index (χ1v) is 13.2. The molecule has 0 amide bonds. The SMILES string of the molecule is O=S(=O)(CCN1CCCN(CCS(=O)(=O)c2ccccc2)CC1)c1ccccc1. The highest BCUT2D eigenvalue weighted by atomic mass is 32.2. The minimum Gasteiger partial charge on any atom is -0.301 e. The molecule has 8 heteroatoms. The van der Waals surface area contributed by atoms with Gasteiger partial charge in [0.25, 0.3) is 0 Å². The van der Waals surface area contributed by atoms with E-state index in [1.807, 2.05) is 0 Å². The van der Waals surface area contributed by atoms with Crippen LogP contribution in [-0.4, -0.2) is 77.4 Å². The minimum atomic E-state index is -3.28. The summed E-state index contributed by atoms with van der Waals surface area (Å²) in [7, 11) is -6.56. The summed E-state index contributed by atoms with van der Waals surface area (Å²) < 4.78 is 49.9. The van der Waals surface area contributed by atoms with Crippen LogP contribution in [0, 0.1) is 0 Å². The van der Waals surface area contributed by atoms with E-state index in [0.717, 1.165) is 32.6 Å². The van der Waals surface area contributed by atoms with Gasteiger partial charge in [0.2, 0.25) is 0 Å². The van der Waals surface area contributed by atoms with E-state index in [-0.39, 0.29) is 11.5 Å². The fourth-order valence-corrected chi connectivity index (χ4v) is 6.07. The van der Waals surface area contributed by atoms with Crippen molar-refractivity contribution in [3.05, 3.63) is 60.7 Å². The molecular formula is C21H28N2O4S2. The molecule has 1 fully saturated rings. The number of hydrogen-bond acceptors (Lipinski definition) is 6. The van der Waals surface area contributed by atoms with E-state index < -0.39 is 19.7 Å². The summed E-state index contributed by atoms with van der Waals surface area (Å²) in [6.07, 6.45) is 0.900. The average Bonchev–Trinajstić information content (AvgIpc) is 2.97. The highest BCUT2D eigenvalue weighted by Gasteiger charge is 2.21. The van der Waals surface area contributed by atoms with Crippen LogP contribution in [0.1, 0.15) is 6.42 Å². The monoisotopic (exact) mass is 436 g/mol. The lowest BCUT2D eigenvalue weighted by Crippen LogP contribution is -2.35. The van der Waals surface area contributed by atoms with Crippen LogP contribution in [-0.2, 0) is 19.7 Å². The van der Waals surface area contributed by atoms with Crippen molar-refractivity contribution in [3.8, 4) is 0 Å². The van der Waals surface area contributed by atoms with Gasteiger partial charge in [0, 0.05) is 26.2 Å². The highest BCUT2D eigenvalue weighted by Crippen LogP contribution is 2.13. The largest absolute Gasteiger partial charge is 0.301 e. The maximum Gasteiger partial charge on any atom is 0.179 e. The van der Waals surface area contributed by atoms with Crippen LogP contribution in [0.2, 0.25) is 0 Å². The van der Waals surface area contributed by atoms with Crippen LogP contribution in [0.5, 0.6) is 0 Å². The summed E-state index contributed by atoms with van der Waals surface area (Å²) in [6.45, 7) is 4.13. The van der Waals surface area contributed by atoms with E-state index in [2.05, 4.69) is 9.80 Å². The third-order valence-corrected chi connectivity index (χ3v) is 8.66. The molecule has 1 aliphatic heterocycles. The topological polar surface area (TPSA) is 74.8 Å². The normalized spacial score (nSPS) is 17.1. The maximum atomic E-state index is 12.5. The first-order chi connectivity index (χ1) is 13.9. The van der Waals surface area contributed by atoms with E-state index >= 15 is 0 Å². The molecule has 1 heterocycles. The predicted octanol–water partition coefficient (Wildman–Crippen LogP) is 1.94. The molecule has 1 saturated heterocycles. The summed E-state index contributed by atoms with van der Waals surface area (Å²) in [6, 6.07) is 17.1. The lowest BCUT2D eigenvalue weighted by atomic mass is 10.4. The number of benzene rings is 2. The average molecular weight is 437 g/mol. The van der Waals surface area contributed by atoms with Crippen LogP contribution < -0.4 is 0 Å². The Bertz CT molecular complexity index is 896. The number of hydrogen-bond donors (Lipinski definition) is 0. The van der Waals surface area contributed by atoms with Gasteiger partial charge in [0.15, 0.2) is 19.7 Å². The first-order valence-electron chi connectivity index (χ1n) is 9.87. The molecule has 0 spiro atoms. The molecule has 0 aliphatic carbocycles. The van der Waals surface area contributed by atoms with E-state index in [0.29, 0.717) is 22.9 Å². The molecule has 3 rings (SSSR count). The van der Waals surface area contributed by atoms with Crippen molar-refractivity contribution in [3.63, 3.8) is 0 Å². The van der Waals surface area contributed by atoms with Crippen molar-refractivity contribution in [2.75, 3.05) is 50.8 Å². The van der Waals surface area contributed by atoms with E-state index in [1.54, 1.807) is 60.7 Å². The molecule has 2 aromatic rings. The lowest BCUT2D eigenvalue weighted by Gasteiger charge is -2.21. The molecule has 0 atom stereocenters. The first kappa shape index (κ1) is 22.0. The molecule has 0 saturated carbocycles. The summed E-state index contributed by atoms with van der Waals surface area (Å²) in [4.78, 5) is 5.04. The molecule has 2 aromatic carbocycles. The molecular weight excluding hydrogens is 408 g/mol. The van der Waals surface area contributed by atoms with Crippen LogP contribution in [0.25, 0.3) is 0 Å². The van der Waals surface area contributed by atoms with E-state index in [1.165, 1.54) is 0 Å². The van der Waals surface area contributed by atoms with Crippen LogP contribution >= 0.6 is 0 Å². The molecule has 0 unspecified atom stereocenters. The minimum absolute atomic E-state index is 0.0966. The molecule has 1 aliphatic rings. The molecule has 0 radical (unpaired) electrons. The second-order valence-corrected chi connectivity index (χ2v) is 11.5. The fourth-order valence-electron chi connectivity index (χ4n) is 3.46. The Balaban J connectivity index is 1.48. The number of nitrogens with zero attached hydrogens (tertiary/aromatic N) is 2. The molecule has 0 N–H and O–H groups in total. The van der Waals surface area contributed by atoms with Crippen LogP contribution in [0.3, 0.4) is 0 Å². The Morgan fingerprint density at radius 1 is 0.586 bits per heavy atom. The second-order valence-electron chi connectivity index (χ2n) is 7.30. The third kappa shape index (κ3) is 6.37. The van der Waals surface area contributed by atoms with Crippen molar-refractivity contribution in [2.24, 2.45) is 0 Å². The summed E-state index contributed by atoms with van der Waals surface area (Å²) in [5.74, 6) is 0.193. The zero-order chi connectivity index (χ0) is 20.7. The quantitative estimate of drug-likeness (QED) is 0.630. The van der Waals surface area contributed by atoms with Gasteiger partial charge >= 0.3 is 0 Å². The van der Waals surface area contributed by atoms with Crippen molar-refractivity contribution >= 4 is 19.7 Å². The van der Waals surface area contributed by atoms with Gasteiger partial charge in [-0.3, -0.25) is 0 Å². The number of sulfone groups is 2. The van der Waals surface area contributed by atoms with Crippen molar-refractivity contribution in [2.45, 2.75) is 16.2 Å². The van der Waals surface area contributed by atoms with Crippen molar-refractivity contribution < 1.29 is 16.8 Å².